The van der Waals surface area contributed by atoms with Gasteiger partial charge in [-0.3, -0.25) is 4.79 Å². The molecule has 2 aromatic rings. The van der Waals surface area contributed by atoms with Crippen LogP contribution in [0.5, 0.6) is 0 Å². The van der Waals surface area contributed by atoms with Crippen LogP contribution in [0.2, 0.25) is 0 Å². The summed E-state index contributed by atoms with van der Waals surface area (Å²) in [7, 11) is 1.46. The van der Waals surface area contributed by atoms with Crippen LogP contribution in [-0.2, 0) is 16.1 Å². The molecule has 0 aliphatic rings. The Morgan fingerprint density at radius 3 is 3.10 bits per heavy atom. The molecule has 2 rings (SSSR count). The van der Waals surface area contributed by atoms with Crippen molar-refractivity contribution in [3.63, 3.8) is 0 Å². The van der Waals surface area contributed by atoms with E-state index in [0.29, 0.717) is 6.54 Å². The maximum absolute atomic E-state index is 13.1. The highest BCUT2D eigenvalue weighted by Crippen LogP contribution is 2.07. The maximum atomic E-state index is 13.1. The Labute approximate surface area is 120 Å². The average Bonchev–Trinajstić information content (AvgIpc) is 2.86. The predicted octanol–water partition coefficient (Wildman–Crippen LogP) is 0.378. The molecule has 1 aromatic heterocycles. The average molecular weight is 293 g/mol. The van der Waals surface area contributed by atoms with Gasteiger partial charge in [0.2, 0.25) is 5.91 Å². The van der Waals surface area contributed by atoms with Gasteiger partial charge in [0.1, 0.15) is 11.9 Å². The summed E-state index contributed by atoms with van der Waals surface area (Å²) >= 11 is 0. The summed E-state index contributed by atoms with van der Waals surface area (Å²) in [6.07, 6.45) is 1.54. The Hall–Kier alpha value is -2.32. The predicted molar refractivity (Wildman–Crippen MR) is 74.0 cm³/mol. The molecule has 1 aromatic carbocycles. The van der Waals surface area contributed by atoms with E-state index in [1.54, 1.807) is 18.3 Å². The Balaban J connectivity index is 1.97. The number of carbonyl (C=O) groups excluding carboxylic acids is 1. The first-order chi connectivity index (χ1) is 10.1. The van der Waals surface area contributed by atoms with Crippen LogP contribution in [0, 0.1) is 5.82 Å². The van der Waals surface area contributed by atoms with Gasteiger partial charge in [-0.25, -0.2) is 9.07 Å². The molecular formula is C13H16FN5O2. The molecule has 0 radical (unpaired) electrons. The van der Waals surface area contributed by atoms with E-state index in [4.69, 9.17) is 10.5 Å². The Kier molecular flexibility index (Phi) is 4.96. The van der Waals surface area contributed by atoms with Crippen LogP contribution in [0.1, 0.15) is 5.56 Å². The normalized spacial score (nSPS) is 12.1. The third kappa shape index (κ3) is 4.33. The minimum Gasteiger partial charge on any atom is -0.383 e. The number of ether oxygens (including phenoxy) is 1. The minimum absolute atomic E-state index is 0.114. The number of rotatable bonds is 6. The number of aromatic nitrogens is 3. The molecule has 8 heteroatoms. The third-order valence-electron chi connectivity index (χ3n) is 2.71. The van der Waals surface area contributed by atoms with Crippen molar-refractivity contribution in [1.29, 1.82) is 0 Å². The van der Waals surface area contributed by atoms with E-state index in [-0.39, 0.29) is 18.2 Å². The van der Waals surface area contributed by atoms with Crippen LogP contribution < -0.4 is 11.1 Å². The van der Waals surface area contributed by atoms with Gasteiger partial charge in [-0.05, 0) is 17.7 Å². The summed E-state index contributed by atoms with van der Waals surface area (Å²) in [5.41, 5.74) is 6.33. The maximum Gasteiger partial charge on any atom is 0.244 e. The van der Waals surface area contributed by atoms with Crippen molar-refractivity contribution in [2.45, 2.75) is 12.6 Å². The number of carbonyl (C=O) groups is 1. The Bertz CT molecular complexity index is 616. The first-order valence-electron chi connectivity index (χ1n) is 6.28. The van der Waals surface area contributed by atoms with Crippen molar-refractivity contribution in [3.05, 3.63) is 41.8 Å². The molecule has 0 aliphatic carbocycles. The molecule has 0 saturated heterocycles. The standard InChI is InChI=1S/C13H16FN5O2/c1-21-8-11(15)13(20)16-12-7-19(18-17-12)6-9-3-2-4-10(14)5-9/h2-5,7,11H,6,8,15H2,1H3,(H,16,20)/t11-/m0/s1. The zero-order valence-electron chi connectivity index (χ0n) is 11.5. The second kappa shape index (κ2) is 6.91. The number of benzene rings is 1. The summed E-state index contributed by atoms with van der Waals surface area (Å²) in [6.45, 7) is 0.466. The van der Waals surface area contributed by atoms with Crippen LogP contribution >= 0.6 is 0 Å². The van der Waals surface area contributed by atoms with E-state index >= 15 is 0 Å². The van der Waals surface area contributed by atoms with E-state index < -0.39 is 11.9 Å². The fourth-order valence-electron chi connectivity index (χ4n) is 1.73. The molecule has 0 spiro atoms. The summed E-state index contributed by atoms with van der Waals surface area (Å²) in [4.78, 5) is 11.7. The molecule has 1 atom stereocenters. The molecule has 0 saturated carbocycles. The first kappa shape index (κ1) is 15.1. The minimum atomic E-state index is -0.775. The number of hydrogen-bond donors (Lipinski definition) is 2. The SMILES string of the molecule is COC[C@H](N)C(=O)Nc1cn(Cc2cccc(F)c2)nn1. The van der Waals surface area contributed by atoms with Gasteiger partial charge in [-0.1, -0.05) is 17.3 Å². The van der Waals surface area contributed by atoms with E-state index in [1.807, 2.05) is 0 Å². The Morgan fingerprint density at radius 1 is 1.57 bits per heavy atom. The van der Waals surface area contributed by atoms with Crippen molar-refractivity contribution in [3.8, 4) is 0 Å². The smallest absolute Gasteiger partial charge is 0.244 e. The van der Waals surface area contributed by atoms with Gasteiger partial charge in [-0.15, -0.1) is 5.10 Å². The van der Waals surface area contributed by atoms with E-state index in [9.17, 15) is 9.18 Å². The van der Waals surface area contributed by atoms with Crippen LogP contribution in [0.4, 0.5) is 10.2 Å². The third-order valence-corrected chi connectivity index (χ3v) is 2.71. The number of hydrogen-bond acceptors (Lipinski definition) is 5. The second-order valence-corrected chi connectivity index (χ2v) is 4.48. The quantitative estimate of drug-likeness (QED) is 0.802. The van der Waals surface area contributed by atoms with Crippen LogP contribution in [0.15, 0.2) is 30.5 Å². The molecular weight excluding hydrogens is 277 g/mol. The van der Waals surface area contributed by atoms with Gasteiger partial charge >= 0.3 is 0 Å². The first-order valence-corrected chi connectivity index (χ1v) is 6.28. The zero-order chi connectivity index (χ0) is 15.2. The largest absolute Gasteiger partial charge is 0.383 e. The number of nitrogens with one attached hydrogen (secondary N) is 1. The molecule has 3 N–H and O–H groups in total. The fourth-order valence-corrected chi connectivity index (χ4v) is 1.73. The van der Waals surface area contributed by atoms with Gasteiger partial charge in [0, 0.05) is 7.11 Å². The van der Waals surface area contributed by atoms with E-state index in [2.05, 4.69) is 15.6 Å². The van der Waals surface area contributed by atoms with Gasteiger partial charge in [0.15, 0.2) is 5.82 Å². The number of anilines is 1. The van der Waals surface area contributed by atoms with Crippen molar-refractivity contribution in [1.82, 2.24) is 15.0 Å². The summed E-state index contributed by atoms with van der Waals surface area (Å²) in [6, 6.07) is 5.40. The lowest BCUT2D eigenvalue weighted by Gasteiger charge is -2.08. The lowest BCUT2D eigenvalue weighted by molar-refractivity contribution is -0.118. The number of methoxy groups -OCH3 is 1. The summed E-state index contributed by atoms with van der Waals surface area (Å²) in [5, 5.41) is 10.2. The van der Waals surface area contributed by atoms with Crippen LogP contribution in [-0.4, -0.2) is 40.7 Å². The Morgan fingerprint density at radius 2 is 2.38 bits per heavy atom. The van der Waals surface area contributed by atoms with Crippen molar-refractivity contribution in [2.24, 2.45) is 5.73 Å². The van der Waals surface area contributed by atoms with Gasteiger partial charge in [-0.2, -0.15) is 0 Å². The number of nitrogens with zero attached hydrogens (tertiary/aromatic N) is 3. The van der Waals surface area contributed by atoms with Crippen LogP contribution in [0.25, 0.3) is 0 Å². The molecule has 1 heterocycles. The highest BCUT2D eigenvalue weighted by molar-refractivity contribution is 5.93. The van der Waals surface area contributed by atoms with E-state index in [1.165, 1.54) is 23.9 Å². The van der Waals surface area contributed by atoms with Crippen LogP contribution in [0.3, 0.4) is 0 Å². The summed E-state index contributed by atoms with van der Waals surface area (Å²) < 4.78 is 19.4. The molecule has 112 valence electrons. The summed E-state index contributed by atoms with van der Waals surface area (Å²) in [5.74, 6) is -0.440. The van der Waals surface area contributed by atoms with E-state index in [0.717, 1.165) is 5.56 Å². The lowest BCUT2D eigenvalue weighted by Crippen LogP contribution is -2.39. The van der Waals surface area contributed by atoms with Crippen molar-refractivity contribution >= 4 is 11.7 Å². The molecule has 0 unspecified atom stereocenters. The molecule has 1 amide bonds. The van der Waals surface area contributed by atoms with Crippen molar-refractivity contribution in [2.75, 3.05) is 19.0 Å². The topological polar surface area (TPSA) is 95.1 Å². The molecule has 0 fully saturated rings. The number of halogens is 1. The van der Waals surface area contributed by atoms with Gasteiger partial charge < -0.3 is 15.8 Å². The molecule has 7 nitrogen and oxygen atoms in total. The molecule has 21 heavy (non-hydrogen) atoms. The van der Waals surface area contributed by atoms with Gasteiger partial charge in [0.25, 0.3) is 0 Å². The fraction of sp³-hybridized carbons (Fsp3) is 0.308. The zero-order valence-corrected chi connectivity index (χ0v) is 11.5. The molecule has 0 bridgehead atoms. The monoisotopic (exact) mass is 293 g/mol. The number of nitrogens with two attached hydrogens (primary N) is 1. The highest BCUT2D eigenvalue weighted by atomic mass is 19.1. The number of amides is 1. The molecule has 0 aliphatic heterocycles. The van der Waals surface area contributed by atoms with Gasteiger partial charge in [0.05, 0.1) is 19.3 Å². The van der Waals surface area contributed by atoms with Crippen molar-refractivity contribution < 1.29 is 13.9 Å². The highest BCUT2D eigenvalue weighted by Gasteiger charge is 2.14. The lowest BCUT2D eigenvalue weighted by atomic mass is 10.2. The second-order valence-electron chi connectivity index (χ2n) is 4.48.